The second-order valence-corrected chi connectivity index (χ2v) is 3.71. The van der Waals surface area contributed by atoms with Gasteiger partial charge in [0.2, 0.25) is 0 Å². The van der Waals surface area contributed by atoms with Crippen molar-refractivity contribution in [3.8, 4) is 0 Å². The maximum absolute atomic E-state index is 5.48. The zero-order valence-electron chi connectivity index (χ0n) is 6.29. The van der Waals surface area contributed by atoms with Crippen LogP contribution in [0.4, 0.5) is 0 Å². The zero-order valence-corrected chi connectivity index (χ0v) is 7.11. The minimum absolute atomic E-state index is 0.415. The Morgan fingerprint density at radius 2 is 2.50 bits per heavy atom. The third-order valence-corrected chi connectivity index (χ3v) is 2.56. The van der Waals surface area contributed by atoms with Crippen molar-refractivity contribution in [3.05, 3.63) is 16.1 Å². The number of thiazole rings is 1. The third kappa shape index (κ3) is 1.55. The average molecular weight is 156 g/mol. The summed E-state index contributed by atoms with van der Waals surface area (Å²) in [5, 5.41) is 1.15. The molecule has 0 saturated carbocycles. The molecule has 10 heavy (non-hydrogen) atoms. The van der Waals surface area contributed by atoms with Crippen LogP contribution >= 0.6 is 11.3 Å². The van der Waals surface area contributed by atoms with Crippen molar-refractivity contribution in [2.24, 2.45) is 5.73 Å². The van der Waals surface area contributed by atoms with Gasteiger partial charge in [-0.1, -0.05) is 6.92 Å². The van der Waals surface area contributed by atoms with Gasteiger partial charge < -0.3 is 5.73 Å². The van der Waals surface area contributed by atoms with Crippen molar-refractivity contribution < 1.29 is 0 Å². The Bertz CT molecular complexity index is 207. The van der Waals surface area contributed by atoms with Gasteiger partial charge in [0.1, 0.15) is 0 Å². The van der Waals surface area contributed by atoms with Gasteiger partial charge in [-0.25, -0.2) is 4.98 Å². The first-order valence-electron chi connectivity index (χ1n) is 3.36. The van der Waals surface area contributed by atoms with E-state index in [1.54, 1.807) is 11.3 Å². The molecular formula is C7H12N2S. The highest BCUT2D eigenvalue weighted by atomic mass is 32.1. The van der Waals surface area contributed by atoms with Crippen LogP contribution in [0.1, 0.15) is 22.7 Å². The quantitative estimate of drug-likeness (QED) is 0.705. The third-order valence-electron chi connectivity index (χ3n) is 1.41. The van der Waals surface area contributed by atoms with Crippen LogP contribution in [-0.2, 0) is 0 Å². The first-order chi connectivity index (χ1) is 4.74. The molecule has 0 aliphatic rings. The molecule has 1 heterocycles. The largest absolute Gasteiger partial charge is 0.330 e. The van der Waals surface area contributed by atoms with Gasteiger partial charge in [0.05, 0.1) is 5.01 Å². The lowest BCUT2D eigenvalue weighted by Crippen LogP contribution is -2.08. The fourth-order valence-corrected chi connectivity index (χ4v) is 1.54. The Morgan fingerprint density at radius 1 is 1.80 bits per heavy atom. The number of aromatic nitrogens is 1. The summed E-state index contributed by atoms with van der Waals surface area (Å²) in [7, 11) is 0. The van der Waals surface area contributed by atoms with E-state index >= 15 is 0 Å². The molecule has 0 unspecified atom stereocenters. The highest BCUT2D eigenvalue weighted by Gasteiger charge is 2.05. The molecule has 0 aromatic carbocycles. The number of rotatable bonds is 2. The highest BCUT2D eigenvalue weighted by Crippen LogP contribution is 2.19. The first-order valence-corrected chi connectivity index (χ1v) is 4.18. The summed E-state index contributed by atoms with van der Waals surface area (Å²) in [6, 6.07) is 0. The fourth-order valence-electron chi connectivity index (χ4n) is 0.701. The first kappa shape index (κ1) is 7.69. The summed E-state index contributed by atoms with van der Waals surface area (Å²) in [5.74, 6) is 0.415. The van der Waals surface area contributed by atoms with Gasteiger partial charge in [0, 0.05) is 23.5 Å². The van der Waals surface area contributed by atoms with Gasteiger partial charge in [-0.2, -0.15) is 0 Å². The van der Waals surface area contributed by atoms with E-state index in [0.29, 0.717) is 12.5 Å². The Labute approximate surface area is 65.1 Å². The number of hydrogen-bond acceptors (Lipinski definition) is 3. The zero-order chi connectivity index (χ0) is 7.56. The second-order valence-electron chi connectivity index (χ2n) is 2.45. The minimum atomic E-state index is 0.415. The maximum atomic E-state index is 5.48. The molecule has 0 saturated heterocycles. The molecular weight excluding hydrogens is 144 g/mol. The van der Waals surface area contributed by atoms with Gasteiger partial charge in [-0.15, -0.1) is 11.3 Å². The molecule has 0 radical (unpaired) electrons. The predicted octanol–water partition coefficient (Wildman–Crippen LogP) is 1.51. The van der Waals surface area contributed by atoms with Crippen LogP contribution in [0.5, 0.6) is 0 Å². The minimum Gasteiger partial charge on any atom is -0.330 e. The number of aryl methyl sites for hydroxylation is 1. The van der Waals surface area contributed by atoms with Crippen molar-refractivity contribution in [1.82, 2.24) is 4.98 Å². The van der Waals surface area contributed by atoms with Crippen molar-refractivity contribution in [3.63, 3.8) is 0 Å². The fraction of sp³-hybridized carbons (Fsp3) is 0.571. The molecule has 2 N–H and O–H groups in total. The molecule has 0 aliphatic carbocycles. The Balaban J connectivity index is 2.74. The van der Waals surface area contributed by atoms with Crippen LogP contribution in [0.15, 0.2) is 6.20 Å². The van der Waals surface area contributed by atoms with Crippen LogP contribution in [0.3, 0.4) is 0 Å². The van der Waals surface area contributed by atoms with Gasteiger partial charge in [-0.3, -0.25) is 0 Å². The molecule has 0 fully saturated rings. The summed E-state index contributed by atoms with van der Waals surface area (Å²) >= 11 is 1.73. The van der Waals surface area contributed by atoms with Crippen LogP contribution in [0.2, 0.25) is 0 Å². The van der Waals surface area contributed by atoms with E-state index in [2.05, 4.69) is 18.8 Å². The Morgan fingerprint density at radius 3 is 2.90 bits per heavy atom. The molecule has 2 nitrogen and oxygen atoms in total. The molecule has 1 aromatic heterocycles. The molecule has 56 valence electrons. The monoisotopic (exact) mass is 156 g/mol. The van der Waals surface area contributed by atoms with E-state index in [1.807, 2.05) is 6.20 Å². The topological polar surface area (TPSA) is 38.9 Å². The molecule has 1 rings (SSSR count). The molecule has 1 atom stereocenters. The van der Waals surface area contributed by atoms with Gasteiger partial charge in [0.15, 0.2) is 0 Å². The Hall–Kier alpha value is -0.410. The molecule has 0 amide bonds. The standard InChI is InChI=1S/C7H12N2S/c1-5(3-8)7-9-4-6(2)10-7/h4-5H,3,8H2,1-2H3/t5-/m0/s1. The number of hydrogen-bond donors (Lipinski definition) is 1. The van der Waals surface area contributed by atoms with E-state index < -0.39 is 0 Å². The lowest BCUT2D eigenvalue weighted by molar-refractivity contribution is 0.766. The molecule has 1 aromatic rings. The van der Waals surface area contributed by atoms with E-state index in [0.717, 1.165) is 5.01 Å². The van der Waals surface area contributed by atoms with Crippen molar-refractivity contribution in [2.75, 3.05) is 6.54 Å². The smallest absolute Gasteiger partial charge is 0.0968 e. The number of nitrogens with zero attached hydrogens (tertiary/aromatic N) is 1. The van der Waals surface area contributed by atoms with Crippen LogP contribution in [0.25, 0.3) is 0 Å². The lowest BCUT2D eigenvalue weighted by Gasteiger charge is -2.00. The van der Waals surface area contributed by atoms with Crippen molar-refractivity contribution in [1.29, 1.82) is 0 Å². The molecule has 0 spiro atoms. The van der Waals surface area contributed by atoms with Gasteiger partial charge in [-0.05, 0) is 6.92 Å². The Kier molecular flexibility index (Phi) is 2.40. The van der Waals surface area contributed by atoms with Crippen LogP contribution in [0, 0.1) is 6.92 Å². The lowest BCUT2D eigenvalue weighted by atomic mass is 10.2. The summed E-state index contributed by atoms with van der Waals surface area (Å²) in [6.07, 6.45) is 1.90. The van der Waals surface area contributed by atoms with E-state index in [4.69, 9.17) is 5.73 Å². The van der Waals surface area contributed by atoms with E-state index in [9.17, 15) is 0 Å². The maximum Gasteiger partial charge on any atom is 0.0968 e. The second kappa shape index (κ2) is 3.12. The van der Waals surface area contributed by atoms with E-state index in [-0.39, 0.29) is 0 Å². The predicted molar refractivity (Wildman–Crippen MR) is 44.3 cm³/mol. The normalized spacial score (nSPS) is 13.5. The van der Waals surface area contributed by atoms with Crippen molar-refractivity contribution in [2.45, 2.75) is 19.8 Å². The summed E-state index contributed by atoms with van der Waals surface area (Å²) in [4.78, 5) is 5.48. The van der Waals surface area contributed by atoms with Crippen LogP contribution in [-0.4, -0.2) is 11.5 Å². The van der Waals surface area contributed by atoms with E-state index in [1.165, 1.54) is 4.88 Å². The highest BCUT2D eigenvalue weighted by molar-refractivity contribution is 7.11. The van der Waals surface area contributed by atoms with Crippen LogP contribution < -0.4 is 5.73 Å². The van der Waals surface area contributed by atoms with Gasteiger partial charge in [0.25, 0.3) is 0 Å². The number of nitrogens with two attached hydrogens (primary N) is 1. The summed E-state index contributed by atoms with van der Waals surface area (Å²) in [6.45, 7) is 4.84. The van der Waals surface area contributed by atoms with Gasteiger partial charge >= 0.3 is 0 Å². The average Bonchev–Trinajstić information content (AvgIpc) is 2.34. The van der Waals surface area contributed by atoms with Crippen molar-refractivity contribution >= 4 is 11.3 Å². The summed E-state index contributed by atoms with van der Waals surface area (Å²) in [5.41, 5.74) is 5.48. The molecule has 0 bridgehead atoms. The molecule has 3 heteroatoms. The molecule has 0 aliphatic heterocycles. The SMILES string of the molecule is Cc1cnc([C@@H](C)CN)s1. The summed E-state index contributed by atoms with van der Waals surface area (Å²) < 4.78 is 0.